The zero-order chi connectivity index (χ0) is 11.3. The molecule has 1 heterocycles. The first-order valence-corrected chi connectivity index (χ1v) is 5.75. The molecule has 0 aromatic heterocycles. The minimum atomic E-state index is 0.362. The molecule has 0 amide bonds. The highest BCUT2D eigenvalue weighted by Gasteiger charge is 2.13. The van der Waals surface area contributed by atoms with E-state index in [0.717, 1.165) is 18.5 Å². The van der Waals surface area contributed by atoms with E-state index in [1.807, 2.05) is 12.3 Å². The summed E-state index contributed by atoms with van der Waals surface area (Å²) in [5.41, 5.74) is 7.08. The fourth-order valence-corrected chi connectivity index (χ4v) is 1.66. The minimum Gasteiger partial charge on any atom is -0.402 e. The van der Waals surface area contributed by atoms with Crippen LogP contribution in [0.15, 0.2) is 28.9 Å². The van der Waals surface area contributed by atoms with Crippen molar-refractivity contribution < 1.29 is 0 Å². The van der Waals surface area contributed by atoms with Crippen LogP contribution in [0.5, 0.6) is 0 Å². The van der Waals surface area contributed by atoms with Gasteiger partial charge in [-0.25, -0.2) is 0 Å². The van der Waals surface area contributed by atoms with Crippen LogP contribution in [0.1, 0.15) is 33.6 Å². The van der Waals surface area contributed by atoms with Crippen LogP contribution in [0.25, 0.3) is 0 Å². The molecule has 15 heavy (non-hydrogen) atoms. The summed E-state index contributed by atoms with van der Waals surface area (Å²) in [6.45, 7) is 6.54. The van der Waals surface area contributed by atoms with Crippen LogP contribution in [-0.2, 0) is 0 Å². The van der Waals surface area contributed by atoms with Gasteiger partial charge in [-0.3, -0.25) is 4.99 Å². The van der Waals surface area contributed by atoms with E-state index in [0.29, 0.717) is 17.9 Å². The summed E-state index contributed by atoms with van der Waals surface area (Å²) in [5.74, 6) is 1.04. The molecule has 2 nitrogen and oxygen atoms in total. The number of nitrogens with zero attached hydrogens (tertiary/aromatic N) is 1. The second kappa shape index (κ2) is 5.74. The summed E-state index contributed by atoms with van der Waals surface area (Å²) in [6.07, 6.45) is 10.3. The summed E-state index contributed by atoms with van der Waals surface area (Å²) in [4.78, 5) is 4.36. The molecule has 1 rings (SSSR count). The second-order valence-corrected chi connectivity index (χ2v) is 4.71. The molecule has 0 aliphatic carbocycles. The largest absolute Gasteiger partial charge is 0.402 e. The monoisotopic (exact) mass is 206 g/mol. The van der Waals surface area contributed by atoms with Crippen LogP contribution in [0, 0.1) is 11.8 Å². The molecule has 2 unspecified atom stereocenters. The molecule has 2 N–H and O–H groups in total. The molecule has 0 saturated carbocycles. The average Bonchev–Trinajstić information content (AvgIpc) is 2.39. The SMILES string of the molecule is CC(C)C/C=C(/N)C1C=CC=NC(C)C1. The minimum absolute atomic E-state index is 0.362. The first kappa shape index (κ1) is 12.0. The Kier molecular flexibility index (Phi) is 4.60. The Balaban J connectivity index is 2.59. The number of hydrogen-bond acceptors (Lipinski definition) is 2. The van der Waals surface area contributed by atoms with Crippen molar-refractivity contribution in [3.63, 3.8) is 0 Å². The summed E-state index contributed by atoms with van der Waals surface area (Å²) in [7, 11) is 0. The van der Waals surface area contributed by atoms with Gasteiger partial charge < -0.3 is 5.73 Å². The van der Waals surface area contributed by atoms with Gasteiger partial charge >= 0.3 is 0 Å². The molecule has 1 aliphatic heterocycles. The predicted molar refractivity (Wildman–Crippen MR) is 66.9 cm³/mol. The fourth-order valence-electron chi connectivity index (χ4n) is 1.66. The van der Waals surface area contributed by atoms with Crippen LogP contribution in [0.2, 0.25) is 0 Å². The Hall–Kier alpha value is -1.05. The lowest BCUT2D eigenvalue weighted by Gasteiger charge is -2.15. The van der Waals surface area contributed by atoms with Crippen molar-refractivity contribution in [3.8, 4) is 0 Å². The fraction of sp³-hybridized carbons (Fsp3) is 0.615. The molecule has 0 bridgehead atoms. The van der Waals surface area contributed by atoms with Crippen LogP contribution in [0.4, 0.5) is 0 Å². The van der Waals surface area contributed by atoms with Crippen molar-refractivity contribution in [2.24, 2.45) is 22.6 Å². The summed E-state index contributed by atoms with van der Waals surface area (Å²) in [5, 5.41) is 0. The van der Waals surface area contributed by atoms with Crippen LogP contribution in [0.3, 0.4) is 0 Å². The lowest BCUT2D eigenvalue weighted by Crippen LogP contribution is -2.14. The third-order valence-electron chi connectivity index (χ3n) is 2.62. The molecular weight excluding hydrogens is 184 g/mol. The standard InChI is InChI=1S/C13H22N2/c1-10(2)6-7-13(14)12-5-4-8-15-11(3)9-12/h4-5,7-8,10-12H,6,9,14H2,1-3H3/b13-7+. The topological polar surface area (TPSA) is 38.4 Å². The molecule has 0 spiro atoms. The van der Waals surface area contributed by atoms with Crippen molar-refractivity contribution in [3.05, 3.63) is 23.9 Å². The lowest BCUT2D eigenvalue weighted by atomic mass is 9.96. The maximum atomic E-state index is 6.08. The van der Waals surface area contributed by atoms with Gasteiger partial charge in [0, 0.05) is 23.9 Å². The highest BCUT2D eigenvalue weighted by Crippen LogP contribution is 2.19. The summed E-state index contributed by atoms with van der Waals surface area (Å²) in [6, 6.07) is 0.371. The Morgan fingerprint density at radius 1 is 1.60 bits per heavy atom. The Bertz CT molecular complexity index is 274. The molecule has 0 fully saturated rings. The van der Waals surface area contributed by atoms with E-state index in [1.165, 1.54) is 0 Å². The van der Waals surface area contributed by atoms with Gasteiger partial charge in [0.2, 0.25) is 0 Å². The predicted octanol–water partition coefficient (Wildman–Crippen LogP) is 2.91. The number of allylic oxidation sites excluding steroid dienone is 3. The van der Waals surface area contributed by atoms with Gasteiger partial charge in [0.05, 0.1) is 0 Å². The summed E-state index contributed by atoms with van der Waals surface area (Å²) >= 11 is 0. The normalized spacial score (nSPS) is 27.1. The van der Waals surface area contributed by atoms with E-state index in [-0.39, 0.29) is 0 Å². The van der Waals surface area contributed by atoms with Gasteiger partial charge in [-0.05, 0) is 31.8 Å². The maximum Gasteiger partial charge on any atom is 0.0480 e. The Morgan fingerprint density at radius 3 is 3.00 bits per heavy atom. The van der Waals surface area contributed by atoms with E-state index < -0.39 is 0 Å². The van der Waals surface area contributed by atoms with Gasteiger partial charge in [-0.15, -0.1) is 0 Å². The number of rotatable bonds is 3. The summed E-state index contributed by atoms with van der Waals surface area (Å²) < 4.78 is 0. The zero-order valence-corrected chi connectivity index (χ0v) is 9.98. The lowest BCUT2D eigenvalue weighted by molar-refractivity contribution is 0.576. The van der Waals surface area contributed by atoms with Crippen molar-refractivity contribution in [2.45, 2.75) is 39.7 Å². The van der Waals surface area contributed by atoms with Gasteiger partial charge in [0.1, 0.15) is 0 Å². The van der Waals surface area contributed by atoms with Crippen molar-refractivity contribution in [1.29, 1.82) is 0 Å². The quantitative estimate of drug-likeness (QED) is 0.757. The number of aliphatic imine (C=N–C) groups is 1. The highest BCUT2D eigenvalue weighted by atomic mass is 14.8. The first-order valence-electron chi connectivity index (χ1n) is 5.75. The van der Waals surface area contributed by atoms with Crippen molar-refractivity contribution in [1.82, 2.24) is 0 Å². The molecule has 2 heteroatoms. The zero-order valence-electron chi connectivity index (χ0n) is 9.98. The van der Waals surface area contributed by atoms with E-state index in [9.17, 15) is 0 Å². The molecule has 1 aliphatic rings. The van der Waals surface area contributed by atoms with E-state index >= 15 is 0 Å². The van der Waals surface area contributed by atoms with Crippen LogP contribution < -0.4 is 5.73 Å². The Morgan fingerprint density at radius 2 is 2.33 bits per heavy atom. The Labute approximate surface area is 93.0 Å². The molecule has 0 radical (unpaired) electrons. The van der Waals surface area contributed by atoms with Gasteiger partial charge in [0.15, 0.2) is 0 Å². The van der Waals surface area contributed by atoms with E-state index in [4.69, 9.17) is 5.73 Å². The van der Waals surface area contributed by atoms with Crippen molar-refractivity contribution >= 4 is 6.21 Å². The number of nitrogens with two attached hydrogens (primary N) is 1. The van der Waals surface area contributed by atoms with E-state index in [2.05, 4.69) is 37.9 Å². The second-order valence-electron chi connectivity index (χ2n) is 4.71. The molecule has 2 atom stereocenters. The molecule has 0 aromatic rings. The maximum absolute atomic E-state index is 6.08. The molecular formula is C13H22N2. The number of hydrogen-bond donors (Lipinski definition) is 1. The molecule has 0 saturated heterocycles. The molecule has 84 valence electrons. The van der Waals surface area contributed by atoms with Gasteiger partial charge in [-0.1, -0.05) is 26.0 Å². The van der Waals surface area contributed by atoms with Gasteiger partial charge in [-0.2, -0.15) is 0 Å². The first-order chi connectivity index (χ1) is 7.09. The average molecular weight is 206 g/mol. The van der Waals surface area contributed by atoms with E-state index in [1.54, 1.807) is 0 Å². The third-order valence-corrected chi connectivity index (χ3v) is 2.62. The smallest absolute Gasteiger partial charge is 0.0480 e. The van der Waals surface area contributed by atoms with Crippen molar-refractivity contribution in [2.75, 3.05) is 0 Å². The highest BCUT2D eigenvalue weighted by molar-refractivity contribution is 5.71. The third kappa shape index (κ3) is 4.32. The van der Waals surface area contributed by atoms with Gasteiger partial charge in [0.25, 0.3) is 0 Å². The molecule has 0 aromatic carbocycles. The van der Waals surface area contributed by atoms with Crippen LogP contribution in [-0.4, -0.2) is 12.3 Å². The van der Waals surface area contributed by atoms with Crippen LogP contribution >= 0.6 is 0 Å².